The topological polar surface area (TPSA) is 75.4 Å². The fourth-order valence-electron chi connectivity index (χ4n) is 2.08. The van der Waals surface area contributed by atoms with Gasteiger partial charge in [-0.1, -0.05) is 0 Å². The van der Waals surface area contributed by atoms with Crippen LogP contribution in [0.15, 0.2) is 15.7 Å². The van der Waals surface area contributed by atoms with Crippen LogP contribution in [0.25, 0.3) is 0 Å². The molecule has 18 heavy (non-hydrogen) atoms. The van der Waals surface area contributed by atoms with Crippen molar-refractivity contribution in [2.24, 2.45) is 0 Å². The summed E-state index contributed by atoms with van der Waals surface area (Å²) in [5.41, 5.74) is 6.03. The molecule has 0 bridgehead atoms. The van der Waals surface area contributed by atoms with Gasteiger partial charge in [0, 0.05) is 23.7 Å². The van der Waals surface area contributed by atoms with Crippen molar-refractivity contribution >= 4 is 27.0 Å². The Kier molecular flexibility index (Phi) is 4.26. The van der Waals surface area contributed by atoms with E-state index in [1.807, 2.05) is 0 Å². The van der Waals surface area contributed by atoms with E-state index in [1.54, 1.807) is 5.38 Å². The summed E-state index contributed by atoms with van der Waals surface area (Å²) in [5.74, 6) is 0. The van der Waals surface area contributed by atoms with Crippen LogP contribution in [-0.2, 0) is 10.0 Å². The Labute approximate surface area is 112 Å². The number of hydrogen-bond acceptors (Lipinski definition) is 5. The van der Waals surface area contributed by atoms with Gasteiger partial charge in [0.25, 0.3) is 0 Å². The van der Waals surface area contributed by atoms with Crippen LogP contribution in [0.2, 0.25) is 0 Å². The first-order chi connectivity index (χ1) is 8.49. The third-order valence-electron chi connectivity index (χ3n) is 3.19. The maximum Gasteiger partial charge on any atom is 0.250 e. The van der Waals surface area contributed by atoms with E-state index in [4.69, 9.17) is 5.73 Å². The van der Waals surface area contributed by atoms with Crippen LogP contribution in [0.1, 0.15) is 19.8 Å². The Morgan fingerprint density at radius 2 is 2.17 bits per heavy atom. The molecule has 1 aliphatic heterocycles. The average molecular weight is 289 g/mol. The van der Waals surface area contributed by atoms with Crippen LogP contribution in [0.3, 0.4) is 0 Å². The Morgan fingerprint density at radius 1 is 1.50 bits per heavy atom. The zero-order valence-electron chi connectivity index (χ0n) is 10.4. The van der Waals surface area contributed by atoms with Crippen molar-refractivity contribution < 1.29 is 8.42 Å². The largest absolute Gasteiger partial charge is 0.398 e. The minimum atomic E-state index is -3.40. The van der Waals surface area contributed by atoms with Crippen LogP contribution in [-0.4, -0.2) is 39.0 Å². The fraction of sp³-hybridized carbons (Fsp3) is 0.636. The zero-order chi connectivity index (χ0) is 13.2. The summed E-state index contributed by atoms with van der Waals surface area (Å²) in [5, 5.41) is 1.64. The molecule has 1 aromatic rings. The van der Waals surface area contributed by atoms with E-state index in [1.165, 1.54) is 18.9 Å². The zero-order valence-corrected chi connectivity index (χ0v) is 12.1. The second kappa shape index (κ2) is 5.56. The number of rotatable bonds is 5. The number of nitrogen functional groups attached to an aromatic ring is 1. The molecule has 1 aromatic heterocycles. The van der Waals surface area contributed by atoms with Gasteiger partial charge in [0.1, 0.15) is 4.21 Å². The molecule has 1 fully saturated rings. The van der Waals surface area contributed by atoms with E-state index in [2.05, 4.69) is 16.5 Å². The molecule has 0 radical (unpaired) electrons. The van der Waals surface area contributed by atoms with Crippen LogP contribution < -0.4 is 10.5 Å². The first-order valence-corrected chi connectivity index (χ1v) is 8.43. The maximum atomic E-state index is 12.0. The second-order valence-electron chi connectivity index (χ2n) is 4.64. The Bertz CT molecular complexity index is 492. The molecule has 0 amide bonds. The molecule has 0 spiro atoms. The lowest BCUT2D eigenvalue weighted by molar-refractivity contribution is 0.260. The molecule has 1 aliphatic rings. The summed E-state index contributed by atoms with van der Waals surface area (Å²) < 4.78 is 26.9. The Hall–Kier alpha value is -0.630. The molecule has 0 aliphatic carbocycles. The molecule has 0 saturated carbocycles. The molecule has 1 saturated heterocycles. The van der Waals surface area contributed by atoms with Crippen molar-refractivity contribution in [2.45, 2.75) is 30.0 Å². The average Bonchev–Trinajstić information content (AvgIpc) is 2.96. The van der Waals surface area contributed by atoms with Crippen LogP contribution in [0, 0.1) is 0 Å². The number of nitrogens with two attached hydrogens (primary N) is 1. The van der Waals surface area contributed by atoms with Gasteiger partial charge in [0.15, 0.2) is 0 Å². The summed E-state index contributed by atoms with van der Waals surface area (Å²) in [4.78, 5) is 2.31. The van der Waals surface area contributed by atoms with E-state index in [0.717, 1.165) is 24.4 Å². The van der Waals surface area contributed by atoms with Crippen LogP contribution >= 0.6 is 11.3 Å². The number of thiophene rings is 1. The SMILES string of the molecule is CC(CNS(=O)(=O)c1cc(N)cs1)N1CCCC1. The highest BCUT2D eigenvalue weighted by atomic mass is 32.2. The predicted molar refractivity (Wildman–Crippen MR) is 74.2 cm³/mol. The predicted octanol–water partition coefficient (Wildman–Crippen LogP) is 1.09. The molecule has 1 unspecified atom stereocenters. The van der Waals surface area contributed by atoms with Gasteiger partial charge in [-0.3, -0.25) is 4.90 Å². The first-order valence-electron chi connectivity index (χ1n) is 6.07. The van der Waals surface area contributed by atoms with Crippen molar-refractivity contribution in [2.75, 3.05) is 25.4 Å². The summed E-state index contributed by atoms with van der Waals surface area (Å²) in [7, 11) is -3.40. The van der Waals surface area contributed by atoms with Gasteiger partial charge >= 0.3 is 0 Å². The van der Waals surface area contributed by atoms with Crippen molar-refractivity contribution in [3.8, 4) is 0 Å². The van der Waals surface area contributed by atoms with E-state index in [9.17, 15) is 8.42 Å². The van der Waals surface area contributed by atoms with Crippen molar-refractivity contribution in [3.05, 3.63) is 11.4 Å². The molecular formula is C11H19N3O2S2. The van der Waals surface area contributed by atoms with Gasteiger partial charge in [0.05, 0.1) is 0 Å². The van der Waals surface area contributed by atoms with Crippen LogP contribution in [0.5, 0.6) is 0 Å². The fourth-order valence-corrected chi connectivity index (χ4v) is 4.33. The Balaban J connectivity index is 1.92. The third kappa shape index (κ3) is 3.23. The quantitative estimate of drug-likeness (QED) is 0.851. The van der Waals surface area contributed by atoms with Gasteiger partial charge in [-0.05, 0) is 38.9 Å². The monoisotopic (exact) mass is 289 g/mol. The molecule has 2 rings (SSSR count). The molecular weight excluding hydrogens is 270 g/mol. The van der Waals surface area contributed by atoms with Gasteiger partial charge in [-0.15, -0.1) is 11.3 Å². The minimum Gasteiger partial charge on any atom is -0.398 e. The molecule has 102 valence electrons. The molecule has 1 atom stereocenters. The highest BCUT2D eigenvalue weighted by molar-refractivity contribution is 7.91. The van der Waals surface area contributed by atoms with Crippen molar-refractivity contribution in [3.63, 3.8) is 0 Å². The lowest BCUT2D eigenvalue weighted by Crippen LogP contribution is -2.40. The van der Waals surface area contributed by atoms with E-state index >= 15 is 0 Å². The lowest BCUT2D eigenvalue weighted by atomic mass is 10.3. The van der Waals surface area contributed by atoms with Crippen LogP contribution in [0.4, 0.5) is 5.69 Å². The Morgan fingerprint density at radius 3 is 2.72 bits per heavy atom. The van der Waals surface area contributed by atoms with Crippen molar-refractivity contribution in [1.82, 2.24) is 9.62 Å². The van der Waals surface area contributed by atoms with E-state index in [-0.39, 0.29) is 10.3 Å². The summed E-state index contributed by atoms with van der Waals surface area (Å²) >= 11 is 1.15. The summed E-state index contributed by atoms with van der Waals surface area (Å²) in [6.45, 7) is 4.63. The van der Waals surface area contributed by atoms with Crippen molar-refractivity contribution in [1.29, 1.82) is 0 Å². The van der Waals surface area contributed by atoms with E-state index in [0.29, 0.717) is 12.2 Å². The molecule has 5 nitrogen and oxygen atoms in total. The summed E-state index contributed by atoms with van der Waals surface area (Å²) in [6, 6.07) is 1.73. The summed E-state index contributed by atoms with van der Waals surface area (Å²) in [6.07, 6.45) is 2.41. The minimum absolute atomic E-state index is 0.236. The van der Waals surface area contributed by atoms with Gasteiger partial charge < -0.3 is 5.73 Å². The number of nitrogens with one attached hydrogen (secondary N) is 1. The van der Waals surface area contributed by atoms with Gasteiger partial charge in [0.2, 0.25) is 10.0 Å². The van der Waals surface area contributed by atoms with Gasteiger partial charge in [-0.25, -0.2) is 13.1 Å². The maximum absolute atomic E-state index is 12.0. The number of likely N-dealkylation sites (tertiary alicyclic amines) is 1. The number of sulfonamides is 1. The molecule has 2 heterocycles. The first kappa shape index (κ1) is 13.8. The lowest BCUT2D eigenvalue weighted by Gasteiger charge is -2.23. The normalized spacial score (nSPS) is 19.2. The molecule has 3 N–H and O–H groups in total. The number of hydrogen-bond donors (Lipinski definition) is 2. The smallest absolute Gasteiger partial charge is 0.250 e. The van der Waals surface area contributed by atoms with Gasteiger partial charge in [-0.2, -0.15) is 0 Å². The standard InChI is InChI=1S/C11H19N3O2S2/c1-9(14-4-2-3-5-14)7-13-18(15,16)11-6-10(12)8-17-11/h6,8-9,13H,2-5,7,12H2,1H3. The molecule has 7 heteroatoms. The highest BCUT2D eigenvalue weighted by Gasteiger charge is 2.21. The highest BCUT2D eigenvalue weighted by Crippen LogP contribution is 2.21. The van der Waals surface area contributed by atoms with E-state index < -0.39 is 10.0 Å². The third-order valence-corrected chi connectivity index (χ3v) is 6.07. The second-order valence-corrected chi connectivity index (χ2v) is 7.55. The number of nitrogens with zero attached hydrogens (tertiary/aromatic N) is 1. The molecule has 0 aromatic carbocycles. The number of anilines is 1.